The molecule has 0 saturated carbocycles. The number of hydrogen-bond donors (Lipinski definition) is 0. The molecule has 0 amide bonds. The zero-order chi connectivity index (χ0) is 24.5. The molecule has 36 heavy (non-hydrogen) atoms. The van der Waals surface area contributed by atoms with Crippen LogP contribution < -0.4 is 19.7 Å². The number of hydrogen-bond acceptors (Lipinski definition) is 5. The van der Waals surface area contributed by atoms with Crippen molar-refractivity contribution in [2.75, 3.05) is 4.81 Å². The molecule has 2 aromatic heterocycles. The number of rotatable bonds is 5. The predicted octanol–water partition coefficient (Wildman–Crippen LogP) is 6.48. The average Bonchev–Trinajstić information content (AvgIpc) is 3.28. The van der Waals surface area contributed by atoms with Gasteiger partial charge >= 0.3 is 7.05 Å². The summed E-state index contributed by atoms with van der Waals surface area (Å²) in [5.74, 6) is 3.03. The van der Waals surface area contributed by atoms with E-state index in [4.69, 9.17) is 9.39 Å². The molecule has 0 N–H and O–H groups in total. The van der Waals surface area contributed by atoms with Crippen LogP contribution in [0.25, 0.3) is 11.3 Å². The summed E-state index contributed by atoms with van der Waals surface area (Å²) in [5.41, 5.74) is 6.35. The van der Waals surface area contributed by atoms with E-state index >= 15 is 0 Å². The van der Waals surface area contributed by atoms with Gasteiger partial charge in [0.1, 0.15) is 17.2 Å². The minimum atomic E-state index is -0.321. The van der Waals surface area contributed by atoms with E-state index in [9.17, 15) is 0 Å². The van der Waals surface area contributed by atoms with Crippen molar-refractivity contribution in [2.24, 2.45) is 0 Å². The lowest BCUT2D eigenvalue weighted by Gasteiger charge is -2.24. The van der Waals surface area contributed by atoms with E-state index in [1.807, 2.05) is 72.8 Å². The van der Waals surface area contributed by atoms with Gasteiger partial charge in [0.05, 0.1) is 5.69 Å². The predicted molar refractivity (Wildman–Crippen MR) is 144 cm³/mol. The van der Waals surface area contributed by atoms with Crippen molar-refractivity contribution in [1.82, 2.24) is 9.97 Å². The standard InChI is InChI=1S/C30H24BN3O2/c1-21-9-5-10-22(2)29(21)31-34(30-28(36-31)16-8-18-33-30)24-12-7-14-26(20-24)35-25-13-6-11-23(19-25)27-15-3-4-17-32-27/h3-20H,1-2H3. The van der Waals surface area contributed by atoms with Gasteiger partial charge < -0.3 is 14.2 Å². The van der Waals surface area contributed by atoms with Crippen molar-refractivity contribution < 1.29 is 9.39 Å². The minimum absolute atomic E-state index is 0.321. The van der Waals surface area contributed by atoms with Crippen LogP contribution in [0, 0.1) is 13.8 Å². The van der Waals surface area contributed by atoms with Gasteiger partial charge in [0.15, 0.2) is 5.82 Å². The molecule has 1 aliphatic rings. The zero-order valence-corrected chi connectivity index (χ0v) is 20.1. The Hall–Kier alpha value is -4.58. The summed E-state index contributed by atoms with van der Waals surface area (Å²) < 4.78 is 12.8. The summed E-state index contributed by atoms with van der Waals surface area (Å²) in [6, 6.07) is 32.1. The zero-order valence-electron chi connectivity index (χ0n) is 20.1. The van der Waals surface area contributed by atoms with E-state index in [0.717, 1.165) is 45.5 Å². The molecule has 0 bridgehead atoms. The maximum Gasteiger partial charge on any atom is 0.526 e. The van der Waals surface area contributed by atoms with Crippen LogP contribution in [-0.2, 0) is 0 Å². The monoisotopic (exact) mass is 469 g/mol. The molecular formula is C30H24BN3O2. The molecule has 0 spiro atoms. The van der Waals surface area contributed by atoms with Crippen molar-refractivity contribution in [3.8, 4) is 28.5 Å². The van der Waals surface area contributed by atoms with Crippen LogP contribution in [-0.4, -0.2) is 17.0 Å². The van der Waals surface area contributed by atoms with Gasteiger partial charge in [-0.1, -0.05) is 53.6 Å². The highest BCUT2D eigenvalue weighted by Gasteiger charge is 2.42. The number of aromatic nitrogens is 2. The van der Waals surface area contributed by atoms with Gasteiger partial charge in [-0.25, -0.2) is 4.98 Å². The van der Waals surface area contributed by atoms with E-state index in [1.165, 1.54) is 11.1 Å². The highest BCUT2D eigenvalue weighted by molar-refractivity contribution is 6.75. The first-order chi connectivity index (χ1) is 17.7. The first-order valence-electron chi connectivity index (χ1n) is 11.9. The van der Waals surface area contributed by atoms with Crippen LogP contribution in [0.4, 0.5) is 11.5 Å². The number of benzene rings is 3. The fourth-order valence-electron chi connectivity index (χ4n) is 4.69. The SMILES string of the molecule is Cc1cccc(C)c1B1Oc2cccnc2N1c1cccc(Oc2cccc(-c3ccccn3)c2)c1. The highest BCUT2D eigenvalue weighted by Crippen LogP contribution is 2.40. The largest absolute Gasteiger partial charge is 0.535 e. The van der Waals surface area contributed by atoms with E-state index in [2.05, 4.69) is 52.9 Å². The number of pyridine rings is 2. The van der Waals surface area contributed by atoms with Crippen LogP contribution in [0.2, 0.25) is 0 Å². The molecule has 0 radical (unpaired) electrons. The second kappa shape index (κ2) is 9.23. The van der Waals surface area contributed by atoms with Crippen LogP contribution in [0.3, 0.4) is 0 Å². The molecular weight excluding hydrogens is 445 g/mol. The Kier molecular flexibility index (Phi) is 5.62. The molecule has 0 aliphatic carbocycles. The Morgan fingerprint density at radius 2 is 1.47 bits per heavy atom. The smallest absolute Gasteiger partial charge is 0.526 e. The maximum atomic E-state index is 6.46. The van der Waals surface area contributed by atoms with E-state index in [1.54, 1.807) is 12.4 Å². The molecule has 0 fully saturated rings. The lowest BCUT2D eigenvalue weighted by atomic mass is 9.67. The Morgan fingerprint density at radius 3 is 2.28 bits per heavy atom. The average molecular weight is 469 g/mol. The lowest BCUT2D eigenvalue weighted by molar-refractivity contribution is 0.483. The quantitative estimate of drug-likeness (QED) is 0.276. The first-order valence-corrected chi connectivity index (χ1v) is 11.9. The lowest BCUT2D eigenvalue weighted by Crippen LogP contribution is -2.49. The second-order valence-corrected chi connectivity index (χ2v) is 8.81. The summed E-state index contributed by atoms with van der Waals surface area (Å²) in [5, 5.41) is 0. The molecule has 0 saturated heterocycles. The van der Waals surface area contributed by atoms with Crippen molar-refractivity contribution >= 4 is 24.0 Å². The van der Waals surface area contributed by atoms with E-state index in [0.29, 0.717) is 0 Å². The highest BCUT2D eigenvalue weighted by atomic mass is 16.5. The number of fused-ring (bicyclic) bond motifs is 1. The molecule has 3 heterocycles. The van der Waals surface area contributed by atoms with Crippen LogP contribution in [0.15, 0.2) is 109 Å². The van der Waals surface area contributed by atoms with Gasteiger partial charge in [-0.2, -0.15) is 0 Å². The van der Waals surface area contributed by atoms with Crippen molar-refractivity contribution in [2.45, 2.75) is 13.8 Å². The molecule has 0 unspecified atom stereocenters. The van der Waals surface area contributed by atoms with Gasteiger partial charge in [-0.3, -0.25) is 4.98 Å². The molecule has 6 heteroatoms. The minimum Gasteiger partial charge on any atom is -0.535 e. The van der Waals surface area contributed by atoms with Gasteiger partial charge in [0, 0.05) is 29.7 Å². The fourth-order valence-corrected chi connectivity index (χ4v) is 4.69. The number of anilines is 2. The normalized spacial score (nSPS) is 12.3. The summed E-state index contributed by atoms with van der Waals surface area (Å²) in [7, 11) is -0.321. The Morgan fingerprint density at radius 1 is 0.722 bits per heavy atom. The molecule has 174 valence electrons. The third-order valence-electron chi connectivity index (χ3n) is 6.37. The van der Waals surface area contributed by atoms with Gasteiger partial charge in [0.25, 0.3) is 0 Å². The number of aryl methyl sites for hydroxylation is 2. The first kappa shape index (κ1) is 21.9. The molecule has 1 aliphatic heterocycles. The summed E-state index contributed by atoms with van der Waals surface area (Å²) in [6.45, 7) is 4.24. The molecule has 0 atom stereocenters. The van der Waals surface area contributed by atoms with Gasteiger partial charge in [-0.15, -0.1) is 0 Å². The number of nitrogens with zero attached hydrogens (tertiary/aromatic N) is 3. The summed E-state index contributed by atoms with van der Waals surface area (Å²) in [4.78, 5) is 11.3. The van der Waals surface area contributed by atoms with Crippen molar-refractivity contribution in [3.63, 3.8) is 0 Å². The van der Waals surface area contributed by atoms with Crippen molar-refractivity contribution in [3.05, 3.63) is 121 Å². The Labute approximate surface area is 211 Å². The third kappa shape index (κ3) is 4.07. The summed E-state index contributed by atoms with van der Waals surface area (Å²) >= 11 is 0. The van der Waals surface area contributed by atoms with E-state index in [-0.39, 0.29) is 7.05 Å². The van der Waals surface area contributed by atoms with Crippen molar-refractivity contribution in [1.29, 1.82) is 0 Å². The van der Waals surface area contributed by atoms with E-state index < -0.39 is 0 Å². The van der Waals surface area contributed by atoms with Crippen LogP contribution in [0.5, 0.6) is 17.2 Å². The Bertz CT molecular complexity index is 1520. The molecule has 5 aromatic rings. The maximum absolute atomic E-state index is 6.46. The third-order valence-corrected chi connectivity index (χ3v) is 6.37. The number of ether oxygens (including phenoxy) is 1. The topological polar surface area (TPSA) is 47.5 Å². The van der Waals surface area contributed by atoms with Gasteiger partial charge in [-0.05, 0) is 67.8 Å². The van der Waals surface area contributed by atoms with Crippen LogP contribution >= 0.6 is 0 Å². The van der Waals surface area contributed by atoms with Gasteiger partial charge in [0.2, 0.25) is 0 Å². The second-order valence-electron chi connectivity index (χ2n) is 8.81. The fraction of sp³-hybridized carbons (Fsp3) is 0.0667. The molecule has 3 aromatic carbocycles. The van der Waals surface area contributed by atoms with Crippen LogP contribution in [0.1, 0.15) is 11.1 Å². The summed E-state index contributed by atoms with van der Waals surface area (Å²) in [6.07, 6.45) is 3.59. The molecule has 6 rings (SSSR count). The molecule has 5 nitrogen and oxygen atoms in total. The Balaban J connectivity index is 1.37.